The van der Waals surface area contributed by atoms with Crippen LogP contribution in [0.4, 0.5) is 17.6 Å². The first kappa shape index (κ1) is 21.4. The number of nitrogens with two attached hydrogens (primary N) is 1. The van der Waals surface area contributed by atoms with Crippen molar-refractivity contribution in [2.75, 3.05) is 0 Å². The first-order valence-electron chi connectivity index (χ1n) is 8.32. The molecule has 1 aliphatic rings. The molecule has 3 nitrogen and oxygen atoms in total. The highest BCUT2D eigenvalue weighted by molar-refractivity contribution is 7.89. The van der Waals surface area contributed by atoms with E-state index in [0.717, 1.165) is 18.2 Å². The highest BCUT2D eigenvalue weighted by atomic mass is 32.2. The lowest BCUT2D eigenvalue weighted by Crippen LogP contribution is -2.14. The van der Waals surface area contributed by atoms with Crippen molar-refractivity contribution >= 4 is 32.7 Å². The van der Waals surface area contributed by atoms with Crippen LogP contribution in [0.25, 0.3) is 5.57 Å². The van der Waals surface area contributed by atoms with Crippen molar-refractivity contribution in [1.82, 2.24) is 0 Å². The molecular weight excluding hydrogens is 426 g/mol. The van der Waals surface area contributed by atoms with Crippen molar-refractivity contribution in [2.24, 2.45) is 5.14 Å². The van der Waals surface area contributed by atoms with Crippen molar-refractivity contribution < 1.29 is 26.0 Å². The molecule has 3 rings (SSSR count). The van der Waals surface area contributed by atoms with Crippen LogP contribution in [-0.4, -0.2) is 13.3 Å². The van der Waals surface area contributed by atoms with Crippen LogP contribution in [0.1, 0.15) is 28.2 Å². The lowest BCUT2D eigenvalue weighted by molar-refractivity contribution is -0.138. The SMILES string of the molecule is Cc1ccc(C2C=CC(c3ccc(S(N)(=O)=O)c(F)c3)=CC2=S)cc1C(F)(F)F. The van der Waals surface area contributed by atoms with E-state index in [4.69, 9.17) is 17.4 Å². The number of alkyl halides is 3. The second-order valence-corrected chi connectivity index (χ2v) is 8.60. The maximum Gasteiger partial charge on any atom is 0.416 e. The van der Waals surface area contributed by atoms with E-state index < -0.39 is 38.4 Å². The normalized spacial score (nSPS) is 17.4. The monoisotopic (exact) mass is 441 g/mol. The minimum absolute atomic E-state index is 0.119. The summed E-state index contributed by atoms with van der Waals surface area (Å²) >= 11 is 5.36. The lowest BCUT2D eigenvalue weighted by atomic mass is 9.86. The third-order valence-corrected chi connectivity index (χ3v) is 5.89. The fourth-order valence-electron chi connectivity index (χ4n) is 3.09. The summed E-state index contributed by atoms with van der Waals surface area (Å²) in [4.78, 5) is -0.267. The summed E-state index contributed by atoms with van der Waals surface area (Å²) in [5.41, 5.74) is 0.673. The molecule has 0 amide bonds. The van der Waals surface area contributed by atoms with Crippen LogP contribution < -0.4 is 5.14 Å². The number of halogens is 4. The number of primary sulfonamides is 1. The molecule has 9 heteroatoms. The van der Waals surface area contributed by atoms with Gasteiger partial charge in [-0.15, -0.1) is 0 Å². The average Bonchev–Trinajstić information content (AvgIpc) is 2.60. The maximum absolute atomic E-state index is 14.1. The van der Waals surface area contributed by atoms with Gasteiger partial charge < -0.3 is 0 Å². The third kappa shape index (κ3) is 4.47. The van der Waals surface area contributed by atoms with Crippen molar-refractivity contribution in [3.63, 3.8) is 0 Å². The van der Waals surface area contributed by atoms with E-state index in [1.807, 2.05) is 0 Å². The van der Waals surface area contributed by atoms with Gasteiger partial charge in [-0.25, -0.2) is 17.9 Å². The van der Waals surface area contributed by atoms with Gasteiger partial charge in [-0.05, 0) is 53.5 Å². The Kier molecular flexibility index (Phi) is 5.50. The van der Waals surface area contributed by atoms with Crippen LogP contribution in [0.15, 0.2) is 59.5 Å². The Balaban J connectivity index is 1.93. The van der Waals surface area contributed by atoms with Gasteiger partial charge in [0.15, 0.2) is 0 Å². The summed E-state index contributed by atoms with van der Waals surface area (Å²) in [6.45, 7) is 1.39. The van der Waals surface area contributed by atoms with E-state index in [-0.39, 0.29) is 5.56 Å². The Morgan fingerprint density at radius 2 is 1.79 bits per heavy atom. The zero-order valence-electron chi connectivity index (χ0n) is 15.0. The van der Waals surface area contributed by atoms with E-state index in [1.165, 1.54) is 19.1 Å². The van der Waals surface area contributed by atoms with Gasteiger partial charge in [-0.3, -0.25) is 0 Å². The molecule has 0 radical (unpaired) electrons. The van der Waals surface area contributed by atoms with Gasteiger partial charge in [-0.1, -0.05) is 42.6 Å². The van der Waals surface area contributed by atoms with Crippen molar-refractivity contribution in [3.05, 3.63) is 82.7 Å². The number of rotatable bonds is 3. The standard InChI is InChI=1S/C20H15F4NO2S2/c1-11-2-3-14(8-16(11)20(22,23)24)15-6-4-13(10-18(15)28)12-5-7-19(17(21)9-12)29(25,26)27/h2-10,15H,1H3,(H2,25,26,27). The minimum atomic E-state index is -4.47. The van der Waals surface area contributed by atoms with Gasteiger partial charge in [0.2, 0.25) is 10.0 Å². The molecular formula is C20H15F4NO2S2. The number of thiocarbonyl (C=S) groups is 1. The van der Waals surface area contributed by atoms with Gasteiger partial charge in [0, 0.05) is 10.8 Å². The zero-order chi connectivity index (χ0) is 21.6. The fourth-order valence-corrected chi connectivity index (χ4v) is 4.02. The maximum atomic E-state index is 14.1. The molecule has 152 valence electrons. The molecule has 0 fully saturated rings. The molecule has 2 aromatic rings. The summed E-state index contributed by atoms with van der Waals surface area (Å²) in [7, 11) is -4.19. The van der Waals surface area contributed by atoms with Gasteiger partial charge >= 0.3 is 6.18 Å². The zero-order valence-corrected chi connectivity index (χ0v) is 16.6. The first-order chi connectivity index (χ1) is 13.4. The molecule has 0 bridgehead atoms. The summed E-state index contributed by atoms with van der Waals surface area (Å²) in [6, 6.07) is 7.53. The topological polar surface area (TPSA) is 60.2 Å². The predicted octanol–water partition coefficient (Wildman–Crippen LogP) is 4.91. The molecule has 0 heterocycles. The molecule has 1 atom stereocenters. The van der Waals surface area contributed by atoms with Gasteiger partial charge in [-0.2, -0.15) is 13.2 Å². The first-order valence-corrected chi connectivity index (χ1v) is 10.3. The average molecular weight is 441 g/mol. The number of hydrogen-bond donors (Lipinski definition) is 1. The van der Waals surface area contributed by atoms with Crippen LogP contribution in [0.3, 0.4) is 0 Å². The summed E-state index contributed by atoms with van der Waals surface area (Å²) in [6.07, 6.45) is 0.329. The van der Waals surface area contributed by atoms with E-state index in [0.29, 0.717) is 21.6 Å². The van der Waals surface area contributed by atoms with Crippen LogP contribution in [0.5, 0.6) is 0 Å². The van der Waals surface area contributed by atoms with Gasteiger partial charge in [0.05, 0.1) is 5.56 Å². The van der Waals surface area contributed by atoms with E-state index >= 15 is 0 Å². The molecule has 0 aliphatic heterocycles. The Labute approximate surface area is 170 Å². The van der Waals surface area contributed by atoms with E-state index in [1.54, 1.807) is 24.3 Å². The largest absolute Gasteiger partial charge is 0.416 e. The van der Waals surface area contributed by atoms with Crippen LogP contribution in [-0.2, 0) is 16.2 Å². The highest BCUT2D eigenvalue weighted by Gasteiger charge is 2.33. The number of sulfonamides is 1. The quantitative estimate of drug-likeness (QED) is 0.544. The van der Waals surface area contributed by atoms with Crippen molar-refractivity contribution in [2.45, 2.75) is 23.9 Å². The van der Waals surface area contributed by atoms with Crippen LogP contribution >= 0.6 is 12.2 Å². The molecule has 2 N–H and O–H groups in total. The van der Waals surface area contributed by atoms with Gasteiger partial charge in [0.25, 0.3) is 0 Å². The fraction of sp³-hybridized carbons (Fsp3) is 0.150. The summed E-state index contributed by atoms with van der Waals surface area (Å²) in [5, 5.41) is 4.95. The second kappa shape index (κ2) is 7.47. The Bertz CT molecular complexity index is 1170. The van der Waals surface area contributed by atoms with E-state index in [2.05, 4.69) is 0 Å². The second-order valence-electron chi connectivity index (χ2n) is 6.60. The minimum Gasteiger partial charge on any atom is -0.225 e. The molecule has 0 spiro atoms. The lowest BCUT2D eigenvalue weighted by Gasteiger charge is -2.20. The third-order valence-electron chi connectivity index (χ3n) is 4.57. The number of aryl methyl sites for hydroxylation is 1. The summed E-state index contributed by atoms with van der Waals surface area (Å²) in [5.74, 6) is -1.54. The summed E-state index contributed by atoms with van der Waals surface area (Å²) < 4.78 is 76.3. The number of hydrogen-bond acceptors (Lipinski definition) is 3. The van der Waals surface area contributed by atoms with Gasteiger partial charge in [0.1, 0.15) is 10.7 Å². The van der Waals surface area contributed by atoms with Crippen LogP contribution in [0, 0.1) is 12.7 Å². The Hall–Kier alpha value is -2.36. The molecule has 0 saturated carbocycles. The van der Waals surface area contributed by atoms with E-state index in [9.17, 15) is 26.0 Å². The Morgan fingerprint density at radius 3 is 2.34 bits per heavy atom. The molecule has 29 heavy (non-hydrogen) atoms. The molecule has 0 aromatic heterocycles. The van der Waals surface area contributed by atoms with Crippen molar-refractivity contribution in [1.29, 1.82) is 0 Å². The Morgan fingerprint density at radius 1 is 1.10 bits per heavy atom. The van der Waals surface area contributed by atoms with Crippen LogP contribution in [0.2, 0.25) is 0 Å². The van der Waals surface area contributed by atoms with Crippen molar-refractivity contribution in [3.8, 4) is 0 Å². The molecule has 1 unspecified atom stereocenters. The molecule has 1 aliphatic carbocycles. The molecule has 0 saturated heterocycles. The number of benzene rings is 2. The smallest absolute Gasteiger partial charge is 0.225 e. The highest BCUT2D eigenvalue weighted by Crippen LogP contribution is 2.36. The number of allylic oxidation sites excluding steroid dienone is 4. The molecule has 2 aromatic carbocycles. The predicted molar refractivity (Wildman–Crippen MR) is 106 cm³/mol.